The number of hydrogen-bond donors (Lipinski definition) is 2. The third-order valence-corrected chi connectivity index (χ3v) is 4.89. The highest BCUT2D eigenvalue weighted by Gasteiger charge is 2.23. The van der Waals surface area contributed by atoms with Crippen LogP contribution in [0.25, 0.3) is 0 Å². The minimum atomic E-state index is -0.253. The van der Waals surface area contributed by atoms with Crippen molar-refractivity contribution in [1.29, 1.82) is 0 Å². The topological polar surface area (TPSA) is 96.5 Å². The van der Waals surface area contributed by atoms with E-state index >= 15 is 0 Å². The van der Waals surface area contributed by atoms with Crippen LogP contribution in [0.5, 0.6) is 0 Å². The maximum absolute atomic E-state index is 12.0. The summed E-state index contributed by atoms with van der Waals surface area (Å²) in [6.07, 6.45) is 1.38. The monoisotopic (exact) mass is 375 g/mol. The standard InChI is InChI=1S/C17H21N5O3S/c1-2-25-17(24)22-9-7-12(8-10-22)18-14-5-6-15(21-20-14)19-16(23)13-4-3-11-26-13/h3-6,11-12H,2,7-10H2,1H3,(H,18,20)(H,19,21,23). The second-order valence-electron chi connectivity index (χ2n) is 5.84. The molecule has 0 radical (unpaired) electrons. The van der Waals surface area contributed by atoms with Crippen LogP contribution >= 0.6 is 11.3 Å². The molecule has 2 aromatic heterocycles. The van der Waals surface area contributed by atoms with Crippen LogP contribution in [0.4, 0.5) is 16.4 Å². The van der Waals surface area contributed by atoms with Gasteiger partial charge in [-0.3, -0.25) is 4.79 Å². The Morgan fingerprint density at radius 2 is 1.96 bits per heavy atom. The molecule has 0 spiro atoms. The van der Waals surface area contributed by atoms with Crippen LogP contribution in [0.15, 0.2) is 29.6 Å². The SMILES string of the molecule is CCOC(=O)N1CCC(Nc2ccc(NC(=O)c3cccs3)nn2)CC1. The molecule has 0 saturated carbocycles. The summed E-state index contributed by atoms with van der Waals surface area (Å²) in [5, 5.41) is 16.0. The Balaban J connectivity index is 1.48. The maximum Gasteiger partial charge on any atom is 0.409 e. The lowest BCUT2D eigenvalue weighted by molar-refractivity contribution is 0.0981. The van der Waals surface area contributed by atoms with Crippen LogP contribution in [-0.4, -0.2) is 52.8 Å². The van der Waals surface area contributed by atoms with Crippen molar-refractivity contribution in [3.63, 3.8) is 0 Å². The number of nitrogens with zero attached hydrogens (tertiary/aromatic N) is 3. The van der Waals surface area contributed by atoms with Crippen LogP contribution in [0.2, 0.25) is 0 Å². The van der Waals surface area contributed by atoms with Crippen molar-refractivity contribution in [3.8, 4) is 0 Å². The van der Waals surface area contributed by atoms with E-state index < -0.39 is 0 Å². The van der Waals surface area contributed by atoms with Crippen molar-refractivity contribution in [1.82, 2.24) is 15.1 Å². The second-order valence-corrected chi connectivity index (χ2v) is 6.79. The fraction of sp³-hybridized carbons (Fsp3) is 0.412. The average Bonchev–Trinajstić information content (AvgIpc) is 3.19. The number of nitrogens with one attached hydrogen (secondary N) is 2. The average molecular weight is 375 g/mol. The van der Waals surface area contributed by atoms with Gasteiger partial charge in [-0.15, -0.1) is 21.5 Å². The predicted octanol–water partition coefficient (Wildman–Crippen LogP) is 2.82. The van der Waals surface area contributed by atoms with E-state index in [0.29, 0.717) is 36.2 Å². The normalized spacial score (nSPS) is 14.7. The van der Waals surface area contributed by atoms with E-state index in [2.05, 4.69) is 20.8 Å². The minimum absolute atomic E-state index is 0.193. The molecule has 1 aliphatic rings. The number of aromatic nitrogens is 2. The number of amides is 2. The molecule has 26 heavy (non-hydrogen) atoms. The Labute approximate surface area is 155 Å². The summed E-state index contributed by atoms with van der Waals surface area (Å²) < 4.78 is 5.02. The van der Waals surface area contributed by atoms with Gasteiger partial charge in [0.1, 0.15) is 5.82 Å². The molecule has 138 valence electrons. The molecule has 1 aliphatic heterocycles. The lowest BCUT2D eigenvalue weighted by Crippen LogP contribution is -2.42. The first-order valence-electron chi connectivity index (χ1n) is 8.52. The smallest absolute Gasteiger partial charge is 0.409 e. The van der Waals surface area contributed by atoms with Crippen LogP contribution in [0, 0.1) is 0 Å². The highest BCUT2D eigenvalue weighted by molar-refractivity contribution is 7.12. The number of thiophene rings is 1. The van der Waals surface area contributed by atoms with E-state index in [1.165, 1.54) is 11.3 Å². The number of ether oxygens (including phenoxy) is 1. The molecule has 2 N–H and O–H groups in total. The number of likely N-dealkylation sites (tertiary alicyclic amines) is 1. The summed E-state index contributed by atoms with van der Waals surface area (Å²) >= 11 is 1.37. The van der Waals surface area contributed by atoms with E-state index in [-0.39, 0.29) is 18.0 Å². The largest absolute Gasteiger partial charge is 0.450 e. The van der Waals surface area contributed by atoms with Crippen LogP contribution in [0.1, 0.15) is 29.4 Å². The summed E-state index contributed by atoms with van der Waals surface area (Å²) in [7, 11) is 0. The molecule has 2 amide bonds. The Kier molecular flexibility index (Phi) is 6.00. The molecule has 1 saturated heterocycles. The lowest BCUT2D eigenvalue weighted by atomic mass is 10.1. The fourth-order valence-corrected chi connectivity index (χ4v) is 3.31. The van der Waals surface area contributed by atoms with Gasteiger partial charge in [0.15, 0.2) is 5.82 Å². The molecule has 0 atom stereocenters. The Morgan fingerprint density at radius 1 is 1.23 bits per heavy atom. The zero-order valence-corrected chi connectivity index (χ0v) is 15.3. The van der Waals surface area contributed by atoms with Crippen molar-refractivity contribution in [2.24, 2.45) is 0 Å². The number of anilines is 2. The molecule has 0 unspecified atom stereocenters. The third kappa shape index (κ3) is 4.69. The number of carbonyl (C=O) groups excluding carboxylic acids is 2. The first kappa shape index (κ1) is 18.1. The molecule has 3 heterocycles. The number of rotatable bonds is 5. The molecule has 3 rings (SSSR count). The molecule has 0 aliphatic carbocycles. The van der Waals surface area contributed by atoms with Gasteiger partial charge in [0.2, 0.25) is 0 Å². The van der Waals surface area contributed by atoms with Gasteiger partial charge >= 0.3 is 6.09 Å². The highest BCUT2D eigenvalue weighted by Crippen LogP contribution is 2.17. The molecular weight excluding hydrogens is 354 g/mol. The molecule has 1 fully saturated rings. The van der Waals surface area contributed by atoms with Crippen LogP contribution in [-0.2, 0) is 4.74 Å². The van der Waals surface area contributed by atoms with Gasteiger partial charge in [-0.05, 0) is 43.3 Å². The van der Waals surface area contributed by atoms with Crippen LogP contribution < -0.4 is 10.6 Å². The van der Waals surface area contributed by atoms with Crippen molar-refractivity contribution >= 4 is 35.0 Å². The summed E-state index contributed by atoms with van der Waals surface area (Å²) in [6, 6.07) is 7.31. The first-order chi connectivity index (χ1) is 12.7. The van der Waals surface area contributed by atoms with Crippen molar-refractivity contribution in [2.75, 3.05) is 30.3 Å². The van der Waals surface area contributed by atoms with E-state index in [9.17, 15) is 9.59 Å². The van der Waals surface area contributed by atoms with Crippen molar-refractivity contribution < 1.29 is 14.3 Å². The van der Waals surface area contributed by atoms with Gasteiger partial charge in [0, 0.05) is 19.1 Å². The fourth-order valence-electron chi connectivity index (χ4n) is 2.69. The lowest BCUT2D eigenvalue weighted by Gasteiger charge is -2.31. The van der Waals surface area contributed by atoms with Gasteiger partial charge in [-0.2, -0.15) is 0 Å². The van der Waals surface area contributed by atoms with Crippen molar-refractivity contribution in [2.45, 2.75) is 25.8 Å². The molecule has 0 bridgehead atoms. The molecule has 0 aromatic carbocycles. The summed E-state index contributed by atoms with van der Waals surface area (Å²) in [4.78, 5) is 26.0. The zero-order chi connectivity index (χ0) is 18.4. The predicted molar refractivity (Wildman–Crippen MR) is 99.5 cm³/mol. The van der Waals surface area contributed by atoms with E-state index in [4.69, 9.17) is 4.74 Å². The first-order valence-corrected chi connectivity index (χ1v) is 9.40. The Hall–Kier alpha value is -2.68. The summed E-state index contributed by atoms with van der Waals surface area (Å²) in [5.74, 6) is 0.862. The Bertz CT molecular complexity index is 727. The minimum Gasteiger partial charge on any atom is -0.450 e. The number of hydrogen-bond acceptors (Lipinski definition) is 7. The van der Waals surface area contributed by atoms with E-state index in [1.807, 2.05) is 11.4 Å². The number of piperidine rings is 1. The highest BCUT2D eigenvalue weighted by atomic mass is 32.1. The quantitative estimate of drug-likeness (QED) is 0.834. The van der Waals surface area contributed by atoms with Crippen LogP contribution in [0.3, 0.4) is 0 Å². The van der Waals surface area contributed by atoms with Crippen molar-refractivity contribution in [3.05, 3.63) is 34.5 Å². The van der Waals surface area contributed by atoms with E-state index in [0.717, 1.165) is 12.8 Å². The molecule has 8 nitrogen and oxygen atoms in total. The summed E-state index contributed by atoms with van der Waals surface area (Å²) in [6.45, 7) is 3.50. The molecule has 2 aromatic rings. The third-order valence-electron chi connectivity index (χ3n) is 4.02. The summed E-state index contributed by atoms with van der Waals surface area (Å²) in [5.41, 5.74) is 0. The maximum atomic E-state index is 12.0. The zero-order valence-electron chi connectivity index (χ0n) is 14.5. The Morgan fingerprint density at radius 3 is 2.58 bits per heavy atom. The molecule has 9 heteroatoms. The van der Waals surface area contributed by atoms with Gasteiger partial charge in [0.05, 0.1) is 11.5 Å². The van der Waals surface area contributed by atoms with Gasteiger partial charge < -0.3 is 20.3 Å². The van der Waals surface area contributed by atoms with Gasteiger partial charge in [-0.25, -0.2) is 4.79 Å². The number of carbonyl (C=O) groups is 2. The van der Waals surface area contributed by atoms with E-state index in [1.54, 1.807) is 30.0 Å². The molecular formula is C17H21N5O3S. The van der Waals surface area contributed by atoms with Gasteiger partial charge in [-0.1, -0.05) is 6.07 Å². The van der Waals surface area contributed by atoms with Gasteiger partial charge in [0.25, 0.3) is 5.91 Å². The second kappa shape index (κ2) is 8.61.